The Balaban J connectivity index is 1.52. The molecular formula is C17H25N7. The van der Waals surface area contributed by atoms with Crippen molar-refractivity contribution in [3.05, 3.63) is 42.0 Å². The third-order valence-corrected chi connectivity index (χ3v) is 4.46. The maximum absolute atomic E-state index is 4.28. The summed E-state index contributed by atoms with van der Waals surface area (Å²) >= 11 is 0. The van der Waals surface area contributed by atoms with E-state index in [1.165, 1.54) is 11.3 Å². The second-order valence-electron chi connectivity index (χ2n) is 6.03. The molecule has 0 bridgehead atoms. The van der Waals surface area contributed by atoms with Crippen molar-refractivity contribution in [1.29, 1.82) is 0 Å². The Morgan fingerprint density at radius 1 is 1.33 bits per heavy atom. The van der Waals surface area contributed by atoms with Gasteiger partial charge in [0.15, 0.2) is 5.96 Å². The van der Waals surface area contributed by atoms with Crippen molar-refractivity contribution in [2.24, 2.45) is 12.0 Å². The molecule has 1 aliphatic heterocycles. The fourth-order valence-corrected chi connectivity index (χ4v) is 3.04. The van der Waals surface area contributed by atoms with Crippen LogP contribution in [0.5, 0.6) is 0 Å². The number of nitrogens with zero attached hydrogens (tertiary/aromatic N) is 5. The van der Waals surface area contributed by atoms with Gasteiger partial charge in [0.1, 0.15) is 12.2 Å². The fraction of sp³-hybridized carbons (Fsp3) is 0.471. The lowest BCUT2D eigenvalue weighted by Crippen LogP contribution is -2.45. The minimum Gasteiger partial charge on any atom is -0.366 e. The van der Waals surface area contributed by atoms with E-state index in [2.05, 4.69) is 61.8 Å². The van der Waals surface area contributed by atoms with Crippen molar-refractivity contribution in [3.63, 3.8) is 0 Å². The molecule has 0 aliphatic carbocycles. The standard InChI is InChI=1S/C17H25N7/c1-13(24-9-8-14-6-4-5-7-15(14)24)10-19-17(18-2)20-11-16-21-12-22-23(16)3/h4-7,12-13H,8-11H2,1-3H3,(H2,18,19,20). The zero-order valence-electron chi connectivity index (χ0n) is 14.5. The molecule has 1 atom stereocenters. The van der Waals surface area contributed by atoms with Crippen molar-refractivity contribution in [3.8, 4) is 0 Å². The van der Waals surface area contributed by atoms with Crippen molar-refractivity contribution in [2.45, 2.75) is 25.9 Å². The summed E-state index contributed by atoms with van der Waals surface area (Å²) in [6.45, 7) is 4.74. The summed E-state index contributed by atoms with van der Waals surface area (Å²) in [6, 6.07) is 9.04. The number of hydrogen-bond acceptors (Lipinski definition) is 4. The lowest BCUT2D eigenvalue weighted by molar-refractivity contribution is 0.620. The minimum atomic E-state index is 0.391. The Kier molecular flexibility index (Phi) is 4.98. The van der Waals surface area contributed by atoms with Gasteiger partial charge in [0.2, 0.25) is 0 Å². The van der Waals surface area contributed by atoms with Crippen LogP contribution in [-0.2, 0) is 20.0 Å². The molecule has 0 saturated heterocycles. The number of aliphatic imine (C=N–C) groups is 1. The highest BCUT2D eigenvalue weighted by molar-refractivity contribution is 5.79. The third kappa shape index (κ3) is 3.50. The first-order valence-electron chi connectivity index (χ1n) is 8.31. The molecule has 1 aliphatic rings. The molecule has 1 aromatic heterocycles. The van der Waals surface area contributed by atoms with Gasteiger partial charge in [0.05, 0.1) is 6.54 Å². The van der Waals surface area contributed by atoms with Crippen LogP contribution in [0.4, 0.5) is 5.69 Å². The number of nitrogens with one attached hydrogen (secondary N) is 2. The van der Waals surface area contributed by atoms with E-state index in [0.717, 1.165) is 31.3 Å². The zero-order chi connectivity index (χ0) is 16.9. The molecule has 3 rings (SSSR count). The SMILES string of the molecule is CN=C(NCc1ncnn1C)NCC(C)N1CCc2ccccc21. The number of rotatable bonds is 5. The number of benzene rings is 1. The molecule has 24 heavy (non-hydrogen) atoms. The second kappa shape index (κ2) is 7.33. The van der Waals surface area contributed by atoms with Gasteiger partial charge in [-0.1, -0.05) is 18.2 Å². The molecule has 2 aromatic rings. The quantitative estimate of drug-likeness (QED) is 0.631. The van der Waals surface area contributed by atoms with E-state index in [-0.39, 0.29) is 0 Å². The zero-order valence-corrected chi connectivity index (χ0v) is 14.5. The minimum absolute atomic E-state index is 0.391. The summed E-state index contributed by atoms with van der Waals surface area (Å²) in [5.74, 6) is 1.65. The Hall–Kier alpha value is -2.57. The molecule has 128 valence electrons. The molecule has 7 heteroatoms. The van der Waals surface area contributed by atoms with Gasteiger partial charge < -0.3 is 15.5 Å². The van der Waals surface area contributed by atoms with E-state index < -0.39 is 0 Å². The first kappa shape index (κ1) is 16.3. The van der Waals surface area contributed by atoms with Crippen molar-refractivity contribution in [2.75, 3.05) is 25.0 Å². The van der Waals surface area contributed by atoms with E-state index in [0.29, 0.717) is 12.6 Å². The van der Waals surface area contributed by atoms with Crippen LogP contribution >= 0.6 is 0 Å². The molecule has 2 heterocycles. The van der Waals surface area contributed by atoms with Crippen molar-refractivity contribution in [1.82, 2.24) is 25.4 Å². The molecular weight excluding hydrogens is 302 g/mol. The van der Waals surface area contributed by atoms with Gasteiger partial charge in [-0.05, 0) is 25.0 Å². The van der Waals surface area contributed by atoms with Gasteiger partial charge in [-0.2, -0.15) is 5.10 Å². The maximum Gasteiger partial charge on any atom is 0.191 e. The molecule has 7 nitrogen and oxygen atoms in total. The van der Waals surface area contributed by atoms with Crippen LogP contribution in [-0.4, -0.2) is 46.9 Å². The van der Waals surface area contributed by atoms with Crippen LogP contribution in [0.2, 0.25) is 0 Å². The van der Waals surface area contributed by atoms with Crippen LogP contribution in [0.15, 0.2) is 35.6 Å². The van der Waals surface area contributed by atoms with Gasteiger partial charge in [0.25, 0.3) is 0 Å². The van der Waals surface area contributed by atoms with Crippen LogP contribution in [0, 0.1) is 0 Å². The largest absolute Gasteiger partial charge is 0.366 e. The maximum atomic E-state index is 4.28. The predicted octanol–water partition coefficient (Wildman–Crippen LogP) is 0.931. The number of aromatic nitrogens is 3. The monoisotopic (exact) mass is 327 g/mol. The number of hydrogen-bond donors (Lipinski definition) is 2. The molecule has 0 spiro atoms. The molecule has 0 fully saturated rings. The Labute approximate surface area is 142 Å². The number of anilines is 1. The molecule has 1 unspecified atom stereocenters. The number of guanidine groups is 1. The van der Waals surface area contributed by atoms with Gasteiger partial charge in [-0.15, -0.1) is 0 Å². The van der Waals surface area contributed by atoms with Gasteiger partial charge in [-0.25, -0.2) is 4.98 Å². The van der Waals surface area contributed by atoms with Crippen LogP contribution < -0.4 is 15.5 Å². The van der Waals surface area contributed by atoms with Crippen molar-refractivity contribution >= 4 is 11.6 Å². The average molecular weight is 327 g/mol. The van der Waals surface area contributed by atoms with Gasteiger partial charge in [0, 0.05) is 38.9 Å². The second-order valence-corrected chi connectivity index (χ2v) is 6.03. The van der Waals surface area contributed by atoms with Crippen LogP contribution in [0.1, 0.15) is 18.3 Å². The van der Waals surface area contributed by atoms with Crippen molar-refractivity contribution < 1.29 is 0 Å². The summed E-state index contributed by atoms with van der Waals surface area (Å²) in [7, 11) is 3.66. The highest BCUT2D eigenvalue weighted by Gasteiger charge is 2.22. The number of fused-ring (bicyclic) bond motifs is 1. The highest BCUT2D eigenvalue weighted by Crippen LogP contribution is 2.28. The lowest BCUT2D eigenvalue weighted by atomic mass is 10.2. The topological polar surface area (TPSA) is 70.4 Å². The smallest absolute Gasteiger partial charge is 0.191 e. The molecule has 0 amide bonds. The Morgan fingerprint density at radius 3 is 2.92 bits per heavy atom. The normalized spacial score (nSPS) is 15.3. The Morgan fingerprint density at radius 2 is 2.17 bits per heavy atom. The molecule has 0 saturated carbocycles. The highest BCUT2D eigenvalue weighted by atomic mass is 15.3. The molecule has 1 aromatic carbocycles. The van der Waals surface area contributed by atoms with E-state index in [1.807, 2.05) is 7.05 Å². The van der Waals surface area contributed by atoms with Gasteiger partial charge >= 0.3 is 0 Å². The summed E-state index contributed by atoms with van der Waals surface area (Å²) in [6.07, 6.45) is 2.68. The number of para-hydroxylation sites is 1. The van der Waals surface area contributed by atoms with E-state index in [9.17, 15) is 0 Å². The summed E-state index contributed by atoms with van der Waals surface area (Å²) < 4.78 is 1.75. The van der Waals surface area contributed by atoms with Crippen LogP contribution in [0.25, 0.3) is 0 Å². The molecule has 0 radical (unpaired) electrons. The van der Waals surface area contributed by atoms with Gasteiger partial charge in [-0.3, -0.25) is 9.67 Å². The van der Waals surface area contributed by atoms with E-state index in [4.69, 9.17) is 0 Å². The van der Waals surface area contributed by atoms with E-state index >= 15 is 0 Å². The summed E-state index contributed by atoms with van der Waals surface area (Å²) in [4.78, 5) is 10.9. The fourth-order valence-electron chi connectivity index (χ4n) is 3.04. The third-order valence-electron chi connectivity index (χ3n) is 4.46. The van der Waals surface area contributed by atoms with Crippen LogP contribution in [0.3, 0.4) is 0 Å². The lowest BCUT2D eigenvalue weighted by Gasteiger charge is -2.28. The first-order valence-corrected chi connectivity index (χ1v) is 8.31. The number of aryl methyl sites for hydroxylation is 1. The molecule has 2 N–H and O–H groups in total. The van der Waals surface area contributed by atoms with E-state index in [1.54, 1.807) is 18.1 Å². The Bertz CT molecular complexity index is 706. The predicted molar refractivity (Wildman–Crippen MR) is 96.2 cm³/mol. The summed E-state index contributed by atoms with van der Waals surface area (Å²) in [5, 5.41) is 10.7. The average Bonchev–Trinajstić information content (AvgIpc) is 3.21. The first-order chi connectivity index (χ1) is 11.7. The summed E-state index contributed by atoms with van der Waals surface area (Å²) in [5.41, 5.74) is 2.79.